The van der Waals surface area contributed by atoms with E-state index >= 15 is 0 Å². The number of primary sulfonamides is 1. The lowest BCUT2D eigenvalue weighted by Crippen LogP contribution is -2.39. The quantitative estimate of drug-likeness (QED) is 0.756. The Hall–Kier alpha value is -1.18. The van der Waals surface area contributed by atoms with Crippen molar-refractivity contribution in [2.24, 2.45) is 5.14 Å². The maximum Gasteiger partial charge on any atom is 0.259 e. The molecule has 0 aliphatic carbocycles. The van der Waals surface area contributed by atoms with E-state index < -0.39 is 10.0 Å². The molecule has 0 aromatic carbocycles. The fourth-order valence-electron chi connectivity index (χ4n) is 1.14. The summed E-state index contributed by atoms with van der Waals surface area (Å²) in [5.74, 6) is 0.174. The van der Waals surface area contributed by atoms with E-state index in [2.05, 4.69) is 4.98 Å². The van der Waals surface area contributed by atoms with Crippen LogP contribution in [0.15, 0.2) is 23.4 Å². The van der Waals surface area contributed by atoms with E-state index in [1.807, 2.05) is 0 Å². The van der Waals surface area contributed by atoms with Gasteiger partial charge in [-0.1, -0.05) is 0 Å². The number of hydrogen-bond donors (Lipinski definition) is 1. The molecule has 2 N–H and O–H groups in total. The largest absolute Gasteiger partial charge is 0.483 e. The second kappa shape index (κ2) is 3.76. The van der Waals surface area contributed by atoms with Gasteiger partial charge in [0, 0.05) is 6.20 Å². The van der Waals surface area contributed by atoms with Crippen LogP contribution in [0, 0.1) is 0 Å². The molecule has 0 radical (unpaired) electrons. The molecule has 7 heteroatoms. The summed E-state index contributed by atoms with van der Waals surface area (Å²) in [6.07, 6.45) is 1.24. The number of aromatic nitrogens is 1. The molecule has 1 aromatic heterocycles. The number of nitrogens with two attached hydrogens (primary N) is 1. The monoisotopic (exact) mass is 230 g/mol. The van der Waals surface area contributed by atoms with Gasteiger partial charge in [-0.05, 0) is 12.1 Å². The van der Waals surface area contributed by atoms with Gasteiger partial charge in [-0.3, -0.25) is 0 Å². The van der Waals surface area contributed by atoms with E-state index in [0.717, 1.165) is 0 Å². The first kappa shape index (κ1) is 10.3. The molecule has 1 fully saturated rings. The Kier molecular flexibility index (Phi) is 2.59. The van der Waals surface area contributed by atoms with Gasteiger partial charge in [0.1, 0.15) is 6.10 Å². The Morgan fingerprint density at radius 1 is 1.53 bits per heavy atom. The first-order valence-electron chi connectivity index (χ1n) is 4.29. The summed E-state index contributed by atoms with van der Waals surface area (Å²) in [5.41, 5.74) is 0. The van der Waals surface area contributed by atoms with Crippen LogP contribution in [0.4, 0.5) is 0 Å². The standard InChI is InChI=1S/C8H10N2O4S/c9-15(11,12)8-7(2-1-3-10-8)14-6-4-13-5-6/h1-3,6H,4-5H2,(H2,9,11,12). The van der Waals surface area contributed by atoms with Crippen LogP contribution in [-0.2, 0) is 14.8 Å². The lowest BCUT2D eigenvalue weighted by atomic mass is 10.3. The van der Waals surface area contributed by atoms with Crippen LogP contribution in [0.5, 0.6) is 5.75 Å². The minimum Gasteiger partial charge on any atom is -0.483 e. The summed E-state index contributed by atoms with van der Waals surface area (Å²) < 4.78 is 32.6. The van der Waals surface area contributed by atoms with Crippen molar-refractivity contribution in [1.82, 2.24) is 4.98 Å². The highest BCUT2D eigenvalue weighted by atomic mass is 32.2. The molecule has 0 spiro atoms. The molecule has 6 nitrogen and oxygen atoms in total. The van der Waals surface area contributed by atoms with Crippen LogP contribution >= 0.6 is 0 Å². The van der Waals surface area contributed by atoms with Gasteiger partial charge in [0.15, 0.2) is 5.75 Å². The molecule has 0 saturated carbocycles. The van der Waals surface area contributed by atoms with Crippen LogP contribution in [0.2, 0.25) is 0 Å². The minimum absolute atomic E-state index is 0.116. The van der Waals surface area contributed by atoms with Crippen molar-refractivity contribution in [3.63, 3.8) is 0 Å². The fraction of sp³-hybridized carbons (Fsp3) is 0.375. The summed E-state index contributed by atoms with van der Waals surface area (Å²) >= 11 is 0. The molecule has 0 bridgehead atoms. The summed E-state index contributed by atoms with van der Waals surface area (Å²) in [4.78, 5) is 3.68. The maximum absolute atomic E-state index is 11.1. The molecule has 2 heterocycles. The van der Waals surface area contributed by atoms with Crippen molar-refractivity contribution < 1.29 is 17.9 Å². The van der Waals surface area contributed by atoms with E-state index in [1.54, 1.807) is 6.07 Å². The molecule has 82 valence electrons. The Bertz CT molecular complexity index is 455. The minimum atomic E-state index is -3.84. The second-order valence-corrected chi connectivity index (χ2v) is 4.61. The highest BCUT2D eigenvalue weighted by Gasteiger charge is 2.24. The van der Waals surface area contributed by atoms with Gasteiger partial charge in [0.25, 0.3) is 10.0 Å². The number of sulfonamides is 1. The molecule has 0 atom stereocenters. The second-order valence-electron chi connectivity index (χ2n) is 3.13. The molecule has 1 aromatic rings. The van der Waals surface area contributed by atoms with Crippen molar-refractivity contribution in [2.45, 2.75) is 11.1 Å². The molecule has 0 unspecified atom stereocenters. The average molecular weight is 230 g/mol. The first-order chi connectivity index (χ1) is 7.07. The van der Waals surface area contributed by atoms with Gasteiger partial charge in [0.2, 0.25) is 5.03 Å². The maximum atomic E-state index is 11.1. The molecular formula is C8H10N2O4S. The lowest BCUT2D eigenvalue weighted by Gasteiger charge is -2.27. The molecule has 0 amide bonds. The molecular weight excluding hydrogens is 220 g/mol. The highest BCUT2D eigenvalue weighted by Crippen LogP contribution is 2.22. The first-order valence-corrected chi connectivity index (χ1v) is 5.84. The fourth-order valence-corrected chi connectivity index (χ4v) is 1.75. The van der Waals surface area contributed by atoms with Gasteiger partial charge in [-0.2, -0.15) is 0 Å². The van der Waals surface area contributed by atoms with E-state index in [9.17, 15) is 8.42 Å². The van der Waals surface area contributed by atoms with Crippen molar-refractivity contribution in [1.29, 1.82) is 0 Å². The molecule has 15 heavy (non-hydrogen) atoms. The van der Waals surface area contributed by atoms with E-state index in [4.69, 9.17) is 14.6 Å². The number of rotatable bonds is 3. The van der Waals surface area contributed by atoms with Gasteiger partial charge in [0.05, 0.1) is 13.2 Å². The normalized spacial score (nSPS) is 17.1. The zero-order valence-electron chi connectivity index (χ0n) is 7.79. The summed E-state index contributed by atoms with van der Waals surface area (Å²) in [5, 5.41) is 4.75. The molecule has 1 aliphatic heterocycles. The zero-order valence-corrected chi connectivity index (χ0v) is 8.61. The topological polar surface area (TPSA) is 91.5 Å². The predicted octanol–water partition coefficient (Wildman–Crippen LogP) is -0.493. The van der Waals surface area contributed by atoms with Gasteiger partial charge < -0.3 is 9.47 Å². The zero-order chi connectivity index (χ0) is 10.9. The van der Waals surface area contributed by atoms with Gasteiger partial charge in [-0.25, -0.2) is 18.5 Å². The number of nitrogens with zero attached hydrogens (tertiary/aromatic N) is 1. The van der Waals surface area contributed by atoms with Crippen LogP contribution < -0.4 is 9.88 Å². The smallest absolute Gasteiger partial charge is 0.259 e. The Labute approximate surface area is 87.1 Å². The molecule has 1 saturated heterocycles. The Morgan fingerprint density at radius 2 is 2.27 bits per heavy atom. The third-order valence-electron chi connectivity index (χ3n) is 1.91. The Balaban J connectivity index is 2.29. The number of pyridine rings is 1. The highest BCUT2D eigenvalue weighted by molar-refractivity contribution is 7.89. The van der Waals surface area contributed by atoms with Crippen LogP contribution in [0.3, 0.4) is 0 Å². The van der Waals surface area contributed by atoms with E-state index in [-0.39, 0.29) is 16.9 Å². The SMILES string of the molecule is NS(=O)(=O)c1ncccc1OC1COC1. The van der Waals surface area contributed by atoms with E-state index in [0.29, 0.717) is 13.2 Å². The summed E-state index contributed by atoms with van der Waals surface area (Å²) in [6.45, 7) is 0.915. The third kappa shape index (κ3) is 2.25. The average Bonchev–Trinajstić information content (AvgIpc) is 2.10. The van der Waals surface area contributed by atoms with Crippen molar-refractivity contribution in [2.75, 3.05) is 13.2 Å². The van der Waals surface area contributed by atoms with Crippen LogP contribution in [-0.4, -0.2) is 32.7 Å². The van der Waals surface area contributed by atoms with Gasteiger partial charge in [-0.15, -0.1) is 0 Å². The van der Waals surface area contributed by atoms with Crippen molar-refractivity contribution in [3.05, 3.63) is 18.3 Å². The predicted molar refractivity (Wildman–Crippen MR) is 50.8 cm³/mol. The Morgan fingerprint density at radius 3 is 2.80 bits per heavy atom. The van der Waals surface area contributed by atoms with Crippen LogP contribution in [0.1, 0.15) is 0 Å². The molecule has 2 rings (SSSR count). The molecule has 1 aliphatic rings. The number of hydrogen-bond acceptors (Lipinski definition) is 5. The summed E-state index contributed by atoms with van der Waals surface area (Å²) in [7, 11) is -3.84. The van der Waals surface area contributed by atoms with Crippen molar-refractivity contribution >= 4 is 10.0 Å². The lowest BCUT2D eigenvalue weighted by molar-refractivity contribution is -0.0809. The van der Waals surface area contributed by atoms with Crippen LogP contribution in [0.25, 0.3) is 0 Å². The van der Waals surface area contributed by atoms with Gasteiger partial charge >= 0.3 is 0 Å². The van der Waals surface area contributed by atoms with Crippen molar-refractivity contribution in [3.8, 4) is 5.75 Å². The summed E-state index contributed by atoms with van der Waals surface area (Å²) in [6, 6.07) is 3.11. The van der Waals surface area contributed by atoms with E-state index in [1.165, 1.54) is 12.3 Å². The number of ether oxygens (including phenoxy) is 2. The third-order valence-corrected chi connectivity index (χ3v) is 2.75.